The molecule has 0 atom stereocenters. The van der Waals surface area contributed by atoms with Crippen molar-refractivity contribution in [3.63, 3.8) is 0 Å². The minimum atomic E-state index is 0.631. The number of hydrogen-bond donors (Lipinski definition) is 0. The summed E-state index contributed by atoms with van der Waals surface area (Å²) in [5, 5.41) is 0. The molecule has 0 N–H and O–H groups in total. The summed E-state index contributed by atoms with van der Waals surface area (Å²) in [6, 6.07) is 14.6. The van der Waals surface area contributed by atoms with E-state index in [0.717, 1.165) is 5.75 Å². The van der Waals surface area contributed by atoms with Crippen LogP contribution in [0.4, 0.5) is 0 Å². The molecular weight excluding hydrogens is 207 g/mol. The van der Waals surface area contributed by atoms with Gasteiger partial charge in [0.15, 0.2) is 0 Å². The first-order chi connectivity index (χ1) is 8.16. The van der Waals surface area contributed by atoms with E-state index >= 15 is 0 Å². The molecule has 2 aromatic rings. The summed E-state index contributed by atoms with van der Waals surface area (Å²) in [5.74, 6) is 1.01. The van der Waals surface area contributed by atoms with Crippen LogP contribution in [0.2, 0.25) is 0 Å². The molecule has 2 aromatic carbocycles. The molecule has 1 nitrogen and oxygen atoms in total. The van der Waals surface area contributed by atoms with Crippen LogP contribution >= 0.6 is 0 Å². The molecule has 0 spiro atoms. The lowest BCUT2D eigenvalue weighted by atomic mass is 9.91. The number of rotatable bonds is 3. The molecule has 2 rings (SSSR count). The second-order valence-electron chi connectivity index (χ2n) is 4.50. The molecule has 2 heteroatoms. The molecule has 0 unspecified atom stereocenters. The fourth-order valence-corrected chi connectivity index (χ4v) is 2.12. The van der Waals surface area contributed by atoms with Gasteiger partial charge in [-0.05, 0) is 30.4 Å². The minimum Gasteiger partial charge on any atom is -0.489 e. The highest BCUT2D eigenvalue weighted by Crippen LogP contribution is 2.17. The summed E-state index contributed by atoms with van der Waals surface area (Å²) in [6.45, 7) is 4.84. The predicted octanol–water partition coefficient (Wildman–Crippen LogP) is 2.14. The summed E-state index contributed by atoms with van der Waals surface area (Å²) in [4.78, 5) is 0. The number of aryl methyl sites for hydroxylation is 2. The van der Waals surface area contributed by atoms with Gasteiger partial charge in [-0.2, -0.15) is 0 Å². The van der Waals surface area contributed by atoms with Crippen LogP contribution in [-0.4, -0.2) is 7.85 Å². The number of ether oxygens (including phenoxy) is 1. The Bertz CT molecular complexity index is 483. The average molecular weight is 224 g/mol. The Labute approximate surface area is 104 Å². The summed E-state index contributed by atoms with van der Waals surface area (Å²) in [5.41, 5.74) is 4.90. The Balaban J connectivity index is 2.15. The second kappa shape index (κ2) is 5.09. The van der Waals surface area contributed by atoms with Crippen molar-refractivity contribution in [2.75, 3.05) is 0 Å². The van der Waals surface area contributed by atoms with Crippen LogP contribution in [0.5, 0.6) is 5.75 Å². The van der Waals surface area contributed by atoms with Crippen molar-refractivity contribution < 1.29 is 4.74 Å². The molecular formula is C15H17BO. The third-order valence-electron chi connectivity index (χ3n) is 2.83. The molecule has 86 valence electrons. The Morgan fingerprint density at radius 1 is 1.06 bits per heavy atom. The third kappa shape index (κ3) is 2.91. The van der Waals surface area contributed by atoms with Crippen LogP contribution in [0.3, 0.4) is 0 Å². The van der Waals surface area contributed by atoms with Crippen LogP contribution in [0.1, 0.15) is 16.7 Å². The zero-order valence-corrected chi connectivity index (χ0v) is 10.7. The van der Waals surface area contributed by atoms with Crippen LogP contribution in [0.25, 0.3) is 0 Å². The van der Waals surface area contributed by atoms with Crippen LogP contribution in [0.15, 0.2) is 42.5 Å². The van der Waals surface area contributed by atoms with Crippen molar-refractivity contribution in [3.8, 4) is 5.75 Å². The summed E-state index contributed by atoms with van der Waals surface area (Å²) >= 11 is 0. The SMILES string of the molecule is Bc1cc(C)cc(C)c1OCc1ccccc1. The smallest absolute Gasteiger partial charge is 0.144 e. The van der Waals surface area contributed by atoms with E-state index in [0.29, 0.717) is 6.61 Å². The highest BCUT2D eigenvalue weighted by molar-refractivity contribution is 6.34. The normalized spacial score (nSPS) is 10.2. The molecule has 0 aromatic heterocycles. The van der Waals surface area contributed by atoms with E-state index in [4.69, 9.17) is 4.74 Å². The monoisotopic (exact) mass is 224 g/mol. The van der Waals surface area contributed by atoms with Crippen molar-refractivity contribution in [2.45, 2.75) is 20.5 Å². The summed E-state index contributed by atoms with van der Waals surface area (Å²) in [6.07, 6.45) is 0. The van der Waals surface area contributed by atoms with Crippen LogP contribution < -0.4 is 10.2 Å². The standard InChI is InChI=1S/C15H17BO/c1-11-8-12(2)15(14(16)9-11)17-10-13-6-4-3-5-7-13/h3-9H,10,16H2,1-2H3. The minimum absolute atomic E-state index is 0.631. The van der Waals surface area contributed by atoms with Gasteiger partial charge < -0.3 is 4.74 Å². The van der Waals surface area contributed by atoms with Crippen LogP contribution in [0, 0.1) is 13.8 Å². The predicted molar refractivity (Wildman–Crippen MR) is 74.9 cm³/mol. The van der Waals surface area contributed by atoms with Crippen molar-refractivity contribution in [1.82, 2.24) is 0 Å². The lowest BCUT2D eigenvalue weighted by Gasteiger charge is -2.13. The van der Waals surface area contributed by atoms with Gasteiger partial charge in [0.05, 0.1) is 0 Å². The lowest BCUT2D eigenvalue weighted by Crippen LogP contribution is -2.11. The lowest BCUT2D eigenvalue weighted by molar-refractivity contribution is 0.306. The molecule has 0 aliphatic heterocycles. The maximum absolute atomic E-state index is 5.91. The molecule has 17 heavy (non-hydrogen) atoms. The van der Waals surface area contributed by atoms with E-state index in [1.165, 1.54) is 22.2 Å². The fraction of sp³-hybridized carbons (Fsp3) is 0.200. The summed E-state index contributed by atoms with van der Waals surface area (Å²) < 4.78 is 5.91. The molecule has 0 bridgehead atoms. The fourth-order valence-electron chi connectivity index (χ4n) is 2.12. The van der Waals surface area contributed by atoms with E-state index in [1.807, 2.05) is 18.2 Å². The largest absolute Gasteiger partial charge is 0.489 e. The quantitative estimate of drug-likeness (QED) is 0.726. The Kier molecular flexibility index (Phi) is 3.53. The van der Waals surface area contributed by atoms with E-state index in [2.05, 4.69) is 46.0 Å². The molecule has 0 saturated carbocycles. The van der Waals surface area contributed by atoms with Crippen LogP contribution in [-0.2, 0) is 6.61 Å². The van der Waals surface area contributed by atoms with Gasteiger partial charge in [-0.1, -0.05) is 48.0 Å². The third-order valence-corrected chi connectivity index (χ3v) is 2.83. The van der Waals surface area contributed by atoms with Gasteiger partial charge in [-0.25, -0.2) is 0 Å². The molecule has 0 saturated heterocycles. The topological polar surface area (TPSA) is 9.23 Å². The first-order valence-corrected chi connectivity index (χ1v) is 5.91. The first-order valence-electron chi connectivity index (χ1n) is 5.91. The van der Waals surface area contributed by atoms with Gasteiger partial charge in [0.25, 0.3) is 0 Å². The molecule has 0 aliphatic carbocycles. The molecule has 0 radical (unpaired) electrons. The Hall–Kier alpha value is -1.70. The Morgan fingerprint density at radius 3 is 2.41 bits per heavy atom. The van der Waals surface area contributed by atoms with Gasteiger partial charge in [-0.15, -0.1) is 0 Å². The van der Waals surface area contributed by atoms with Crippen molar-refractivity contribution in [1.29, 1.82) is 0 Å². The molecule has 0 heterocycles. The highest BCUT2D eigenvalue weighted by atomic mass is 16.5. The van der Waals surface area contributed by atoms with Gasteiger partial charge >= 0.3 is 0 Å². The maximum Gasteiger partial charge on any atom is 0.144 e. The van der Waals surface area contributed by atoms with E-state index in [9.17, 15) is 0 Å². The molecule has 0 aliphatic rings. The van der Waals surface area contributed by atoms with Crippen molar-refractivity contribution in [3.05, 3.63) is 59.2 Å². The summed E-state index contributed by atoms with van der Waals surface area (Å²) in [7, 11) is 2.10. The van der Waals surface area contributed by atoms with Gasteiger partial charge in [-0.3, -0.25) is 0 Å². The Morgan fingerprint density at radius 2 is 1.76 bits per heavy atom. The molecule has 0 amide bonds. The highest BCUT2D eigenvalue weighted by Gasteiger charge is 2.04. The molecule has 0 fully saturated rings. The van der Waals surface area contributed by atoms with E-state index in [-0.39, 0.29) is 0 Å². The van der Waals surface area contributed by atoms with Crippen molar-refractivity contribution in [2.24, 2.45) is 0 Å². The first kappa shape index (κ1) is 11.8. The number of hydrogen-bond acceptors (Lipinski definition) is 1. The zero-order valence-electron chi connectivity index (χ0n) is 10.7. The van der Waals surface area contributed by atoms with Gasteiger partial charge in [0.2, 0.25) is 0 Å². The van der Waals surface area contributed by atoms with Gasteiger partial charge in [0.1, 0.15) is 20.2 Å². The van der Waals surface area contributed by atoms with Gasteiger partial charge in [0, 0.05) is 0 Å². The zero-order chi connectivity index (χ0) is 12.3. The van der Waals surface area contributed by atoms with E-state index < -0.39 is 0 Å². The average Bonchev–Trinajstić information content (AvgIpc) is 2.29. The second-order valence-corrected chi connectivity index (χ2v) is 4.50. The van der Waals surface area contributed by atoms with Crippen molar-refractivity contribution >= 4 is 13.3 Å². The number of benzene rings is 2. The maximum atomic E-state index is 5.91. The van der Waals surface area contributed by atoms with E-state index in [1.54, 1.807) is 0 Å².